The van der Waals surface area contributed by atoms with Gasteiger partial charge in [-0.3, -0.25) is 4.79 Å². The lowest BCUT2D eigenvalue weighted by Crippen LogP contribution is -2.52. The normalized spacial score (nSPS) is 15.3. The molecule has 2 atom stereocenters. The number of fused-ring (bicyclic) bond motifs is 1. The van der Waals surface area contributed by atoms with Gasteiger partial charge in [0.15, 0.2) is 0 Å². The number of carbonyl (C=O) groups excluding carboxylic acids is 3. The molecule has 42 heavy (non-hydrogen) atoms. The molecule has 1 aliphatic heterocycles. The number of nitrogens with zero attached hydrogens (tertiary/aromatic N) is 1. The summed E-state index contributed by atoms with van der Waals surface area (Å²) in [6.45, 7) is 7.17. The molecule has 0 bridgehead atoms. The summed E-state index contributed by atoms with van der Waals surface area (Å²) < 4.78 is 40.5. The van der Waals surface area contributed by atoms with Gasteiger partial charge in [-0.05, 0) is 54.3 Å². The first-order valence-electron chi connectivity index (χ1n) is 13.6. The second kappa shape index (κ2) is 12.7. The largest absolute Gasteiger partial charge is 0.497 e. The average molecular weight is 596 g/mol. The SMILES string of the molecule is COc1ccc2c(c1)CCN(C(=O)NC(C)C(=O)OCc1ccccc1)[C@H]2C(=O)Nc1cc(F)c([Si](C)(C)C)c(F)c1. The number of esters is 1. The quantitative estimate of drug-likeness (QED) is 0.285. The van der Waals surface area contributed by atoms with Crippen molar-refractivity contribution >= 4 is 36.9 Å². The van der Waals surface area contributed by atoms with E-state index in [0.29, 0.717) is 17.7 Å². The lowest BCUT2D eigenvalue weighted by Gasteiger charge is -2.37. The molecular formula is C31H35F2N3O5Si. The summed E-state index contributed by atoms with van der Waals surface area (Å²) in [4.78, 5) is 41.0. The third kappa shape index (κ3) is 6.96. The van der Waals surface area contributed by atoms with Crippen LogP contribution < -0.4 is 20.6 Å². The van der Waals surface area contributed by atoms with Crippen LogP contribution in [0.4, 0.5) is 19.3 Å². The molecule has 0 fully saturated rings. The number of hydrogen-bond acceptors (Lipinski definition) is 5. The standard InChI is InChI=1S/C31H35F2N3O5Si/c1-19(30(38)41-18-20-9-7-6-8-10-20)34-31(39)36-14-13-21-15-23(40-2)11-12-24(21)27(36)29(37)35-22-16-25(32)28(26(33)17-22)42(3,4)5/h6-12,15-17,19,27H,13-14,18H2,1-5H3,(H,34,39)(H,35,37)/t19?,27-/m1/s1. The average Bonchev–Trinajstić information content (AvgIpc) is 2.94. The van der Waals surface area contributed by atoms with Crippen LogP contribution in [0.5, 0.6) is 5.75 Å². The van der Waals surface area contributed by atoms with Gasteiger partial charge in [0, 0.05) is 17.4 Å². The van der Waals surface area contributed by atoms with E-state index in [4.69, 9.17) is 9.47 Å². The Morgan fingerprint density at radius 3 is 2.31 bits per heavy atom. The molecule has 0 saturated carbocycles. The van der Waals surface area contributed by atoms with Crippen molar-refractivity contribution in [1.29, 1.82) is 0 Å². The van der Waals surface area contributed by atoms with E-state index in [9.17, 15) is 23.2 Å². The third-order valence-electron chi connectivity index (χ3n) is 7.06. The van der Waals surface area contributed by atoms with Crippen molar-refractivity contribution in [2.45, 2.75) is 51.7 Å². The number of rotatable bonds is 8. The smallest absolute Gasteiger partial charge is 0.328 e. The minimum absolute atomic E-state index is 0.0461. The number of anilines is 1. The number of methoxy groups -OCH3 is 1. The predicted molar refractivity (Wildman–Crippen MR) is 158 cm³/mol. The predicted octanol–water partition coefficient (Wildman–Crippen LogP) is 4.90. The first kappa shape index (κ1) is 30.7. The molecule has 11 heteroatoms. The van der Waals surface area contributed by atoms with Gasteiger partial charge in [-0.15, -0.1) is 0 Å². The molecule has 1 unspecified atom stereocenters. The second-order valence-electron chi connectivity index (χ2n) is 11.2. The van der Waals surface area contributed by atoms with Crippen LogP contribution in [0.1, 0.15) is 29.7 Å². The molecule has 0 spiro atoms. The fraction of sp³-hybridized carbons (Fsp3) is 0.323. The molecule has 0 radical (unpaired) electrons. The molecule has 4 rings (SSSR count). The van der Waals surface area contributed by atoms with Crippen LogP contribution in [0.2, 0.25) is 19.6 Å². The molecule has 1 aliphatic rings. The molecule has 2 N–H and O–H groups in total. The van der Waals surface area contributed by atoms with Crippen molar-refractivity contribution < 1.29 is 32.6 Å². The Hall–Kier alpha value is -4.25. The molecule has 0 saturated heterocycles. The summed E-state index contributed by atoms with van der Waals surface area (Å²) in [6, 6.07) is 13.7. The molecule has 3 aromatic carbocycles. The van der Waals surface area contributed by atoms with Crippen molar-refractivity contribution in [3.05, 3.63) is 89.0 Å². The number of carbonyl (C=O) groups is 3. The van der Waals surface area contributed by atoms with Gasteiger partial charge in [0.25, 0.3) is 5.91 Å². The molecule has 3 amide bonds. The molecule has 1 heterocycles. The number of benzene rings is 3. The lowest BCUT2D eigenvalue weighted by atomic mass is 9.91. The first-order chi connectivity index (χ1) is 19.9. The van der Waals surface area contributed by atoms with Gasteiger partial charge >= 0.3 is 12.0 Å². The summed E-state index contributed by atoms with van der Waals surface area (Å²) in [5.41, 5.74) is 2.07. The van der Waals surface area contributed by atoms with Gasteiger partial charge in [0.05, 0.1) is 15.2 Å². The first-order valence-corrected chi connectivity index (χ1v) is 17.1. The van der Waals surface area contributed by atoms with E-state index in [1.165, 1.54) is 18.9 Å². The van der Waals surface area contributed by atoms with Crippen LogP contribution >= 0.6 is 0 Å². The number of urea groups is 1. The van der Waals surface area contributed by atoms with E-state index in [1.54, 1.807) is 18.2 Å². The van der Waals surface area contributed by atoms with Crippen LogP contribution in [0.25, 0.3) is 0 Å². The van der Waals surface area contributed by atoms with Crippen molar-refractivity contribution in [3.8, 4) is 5.75 Å². The maximum atomic E-state index is 14.9. The number of halogens is 2. The van der Waals surface area contributed by atoms with Crippen LogP contribution in [0, 0.1) is 11.6 Å². The molecule has 0 aromatic heterocycles. The number of nitrogens with one attached hydrogen (secondary N) is 2. The summed E-state index contributed by atoms with van der Waals surface area (Å²) >= 11 is 0. The van der Waals surface area contributed by atoms with Gasteiger partial charge in [-0.2, -0.15) is 0 Å². The van der Waals surface area contributed by atoms with Crippen LogP contribution in [0.3, 0.4) is 0 Å². The highest BCUT2D eigenvalue weighted by Crippen LogP contribution is 2.33. The Morgan fingerprint density at radius 1 is 1.02 bits per heavy atom. The minimum atomic E-state index is -2.32. The summed E-state index contributed by atoms with van der Waals surface area (Å²) in [5.74, 6) is -2.16. The maximum Gasteiger partial charge on any atom is 0.328 e. The zero-order valence-corrected chi connectivity index (χ0v) is 25.3. The number of hydrogen-bond donors (Lipinski definition) is 2. The summed E-state index contributed by atoms with van der Waals surface area (Å²) in [7, 11) is -0.796. The summed E-state index contributed by atoms with van der Waals surface area (Å²) in [5, 5.41) is 5.26. The van der Waals surface area contributed by atoms with E-state index in [1.807, 2.05) is 50.0 Å². The zero-order valence-electron chi connectivity index (χ0n) is 24.3. The lowest BCUT2D eigenvalue weighted by molar-refractivity contribution is -0.146. The molecule has 0 aliphatic carbocycles. The fourth-order valence-electron chi connectivity index (χ4n) is 4.98. The topological polar surface area (TPSA) is 97.0 Å². The Bertz CT molecular complexity index is 1460. The minimum Gasteiger partial charge on any atom is -0.497 e. The Labute approximate surface area is 245 Å². The maximum absolute atomic E-state index is 14.9. The highest BCUT2D eigenvalue weighted by molar-refractivity contribution is 6.88. The monoisotopic (exact) mass is 595 g/mol. The second-order valence-corrected chi connectivity index (χ2v) is 16.2. The highest BCUT2D eigenvalue weighted by Gasteiger charge is 2.37. The highest BCUT2D eigenvalue weighted by atomic mass is 28.3. The van der Waals surface area contributed by atoms with Gasteiger partial charge in [-0.1, -0.05) is 56.0 Å². The van der Waals surface area contributed by atoms with E-state index in [-0.39, 0.29) is 24.0 Å². The Morgan fingerprint density at radius 2 is 1.69 bits per heavy atom. The van der Waals surface area contributed by atoms with Crippen molar-refractivity contribution in [3.63, 3.8) is 0 Å². The third-order valence-corrected chi connectivity index (χ3v) is 9.04. The van der Waals surface area contributed by atoms with E-state index < -0.39 is 49.7 Å². The number of amides is 3. The Balaban J connectivity index is 1.56. The van der Waals surface area contributed by atoms with Crippen LogP contribution in [0.15, 0.2) is 60.7 Å². The van der Waals surface area contributed by atoms with Gasteiger partial charge < -0.3 is 25.0 Å². The van der Waals surface area contributed by atoms with Gasteiger partial charge in [0.1, 0.15) is 36.1 Å². The fourth-order valence-corrected chi connectivity index (χ4v) is 6.56. The van der Waals surface area contributed by atoms with E-state index in [0.717, 1.165) is 23.3 Å². The van der Waals surface area contributed by atoms with Crippen molar-refractivity contribution in [1.82, 2.24) is 10.2 Å². The van der Waals surface area contributed by atoms with Crippen LogP contribution in [-0.2, 0) is 27.4 Å². The molecule has 3 aromatic rings. The van der Waals surface area contributed by atoms with E-state index in [2.05, 4.69) is 10.6 Å². The summed E-state index contributed by atoms with van der Waals surface area (Å²) in [6.07, 6.45) is 0.421. The molecule has 8 nitrogen and oxygen atoms in total. The van der Waals surface area contributed by atoms with Crippen LogP contribution in [-0.4, -0.2) is 50.6 Å². The molecular weight excluding hydrogens is 560 g/mol. The Kier molecular flexibility index (Phi) is 9.30. The molecule has 222 valence electrons. The zero-order chi connectivity index (χ0) is 30.6. The van der Waals surface area contributed by atoms with Crippen molar-refractivity contribution in [2.75, 3.05) is 19.0 Å². The van der Waals surface area contributed by atoms with Gasteiger partial charge in [0.2, 0.25) is 0 Å². The van der Waals surface area contributed by atoms with Gasteiger partial charge in [-0.25, -0.2) is 18.4 Å². The number of ether oxygens (including phenoxy) is 2. The van der Waals surface area contributed by atoms with E-state index >= 15 is 0 Å². The van der Waals surface area contributed by atoms with Crippen molar-refractivity contribution in [2.24, 2.45) is 0 Å².